The highest BCUT2D eigenvalue weighted by atomic mass is 19.1. The molecule has 1 heterocycles. The number of anilines is 1. The van der Waals surface area contributed by atoms with Crippen molar-refractivity contribution in [3.05, 3.63) is 53.1 Å². The summed E-state index contributed by atoms with van der Waals surface area (Å²) in [5, 5.41) is 5.89. The average Bonchev–Trinajstić information content (AvgIpc) is 2.54. The van der Waals surface area contributed by atoms with Gasteiger partial charge in [0.15, 0.2) is 0 Å². The first-order valence-electron chi connectivity index (χ1n) is 7.70. The Hall–Kier alpha value is -2.50. The van der Waals surface area contributed by atoms with E-state index in [1.807, 2.05) is 6.92 Å². The number of hydrogen-bond acceptors (Lipinski definition) is 4. The lowest BCUT2D eigenvalue weighted by atomic mass is 10.2. The predicted molar refractivity (Wildman–Crippen MR) is 87.7 cm³/mol. The monoisotopic (exact) mass is 316 g/mol. The second-order valence-corrected chi connectivity index (χ2v) is 5.31. The van der Waals surface area contributed by atoms with E-state index in [4.69, 9.17) is 0 Å². The highest BCUT2D eigenvalue weighted by Gasteiger charge is 2.10. The van der Waals surface area contributed by atoms with Crippen LogP contribution in [0.3, 0.4) is 0 Å². The van der Waals surface area contributed by atoms with Crippen molar-refractivity contribution in [2.45, 2.75) is 33.2 Å². The minimum absolute atomic E-state index is 0.279. The number of nitrogens with one attached hydrogen (secondary N) is 2. The predicted octanol–water partition coefficient (Wildman–Crippen LogP) is 3.07. The number of amides is 1. The molecule has 1 amide bonds. The van der Waals surface area contributed by atoms with E-state index >= 15 is 0 Å². The third-order valence-electron chi connectivity index (χ3n) is 3.27. The Morgan fingerprint density at radius 3 is 2.65 bits per heavy atom. The Labute approximate surface area is 135 Å². The summed E-state index contributed by atoms with van der Waals surface area (Å²) in [5.41, 5.74) is 1.87. The van der Waals surface area contributed by atoms with E-state index in [0.717, 1.165) is 30.6 Å². The molecule has 5 nitrogen and oxygen atoms in total. The van der Waals surface area contributed by atoms with Gasteiger partial charge in [0.25, 0.3) is 5.91 Å². The average molecular weight is 316 g/mol. The summed E-state index contributed by atoms with van der Waals surface area (Å²) in [6.45, 7) is 5.02. The van der Waals surface area contributed by atoms with Gasteiger partial charge in [0.2, 0.25) is 5.95 Å². The van der Waals surface area contributed by atoms with Gasteiger partial charge in [-0.3, -0.25) is 4.79 Å². The van der Waals surface area contributed by atoms with Crippen molar-refractivity contribution < 1.29 is 9.18 Å². The Kier molecular flexibility index (Phi) is 6.02. The second-order valence-electron chi connectivity index (χ2n) is 5.31. The van der Waals surface area contributed by atoms with Crippen molar-refractivity contribution in [2.75, 3.05) is 11.9 Å². The van der Waals surface area contributed by atoms with Crippen LogP contribution in [0.2, 0.25) is 0 Å². The highest BCUT2D eigenvalue weighted by Crippen LogP contribution is 2.07. The maximum absolute atomic E-state index is 12.9. The van der Waals surface area contributed by atoms with Gasteiger partial charge >= 0.3 is 0 Å². The maximum atomic E-state index is 12.9. The first-order valence-corrected chi connectivity index (χ1v) is 7.70. The number of aryl methyl sites for hydroxylation is 1. The molecule has 0 saturated heterocycles. The van der Waals surface area contributed by atoms with Crippen LogP contribution < -0.4 is 10.6 Å². The zero-order valence-corrected chi connectivity index (χ0v) is 13.4. The molecular weight excluding hydrogens is 295 g/mol. The summed E-state index contributed by atoms with van der Waals surface area (Å²) in [7, 11) is 0. The maximum Gasteiger partial charge on any atom is 0.270 e. The van der Waals surface area contributed by atoms with Crippen LogP contribution in [0.25, 0.3) is 0 Å². The summed E-state index contributed by atoms with van der Waals surface area (Å²) in [5.74, 6) is -0.113. The summed E-state index contributed by atoms with van der Waals surface area (Å²) >= 11 is 0. The van der Waals surface area contributed by atoms with Gasteiger partial charge in [-0.15, -0.1) is 0 Å². The molecule has 6 heteroatoms. The smallest absolute Gasteiger partial charge is 0.270 e. The largest absolute Gasteiger partial charge is 0.354 e. The van der Waals surface area contributed by atoms with E-state index in [0.29, 0.717) is 18.2 Å². The van der Waals surface area contributed by atoms with Crippen molar-refractivity contribution in [3.8, 4) is 0 Å². The van der Waals surface area contributed by atoms with E-state index in [-0.39, 0.29) is 11.7 Å². The van der Waals surface area contributed by atoms with Crippen LogP contribution in [0.5, 0.6) is 0 Å². The summed E-state index contributed by atoms with van der Waals surface area (Å²) in [6.07, 6.45) is 2.09. The molecule has 0 bridgehead atoms. The van der Waals surface area contributed by atoms with E-state index in [1.54, 1.807) is 18.2 Å². The van der Waals surface area contributed by atoms with Crippen molar-refractivity contribution in [3.63, 3.8) is 0 Å². The van der Waals surface area contributed by atoms with Gasteiger partial charge in [-0.2, -0.15) is 0 Å². The van der Waals surface area contributed by atoms with E-state index in [1.165, 1.54) is 12.1 Å². The lowest BCUT2D eigenvalue weighted by Crippen LogP contribution is -2.24. The lowest BCUT2D eigenvalue weighted by molar-refractivity contribution is 0.0945. The van der Waals surface area contributed by atoms with Crippen LogP contribution in [-0.4, -0.2) is 22.4 Å². The van der Waals surface area contributed by atoms with Gasteiger partial charge in [0, 0.05) is 18.8 Å². The Bertz CT molecular complexity index is 658. The molecule has 0 aliphatic carbocycles. The quantitative estimate of drug-likeness (QED) is 0.770. The van der Waals surface area contributed by atoms with Crippen LogP contribution in [-0.2, 0) is 6.54 Å². The Morgan fingerprint density at radius 2 is 1.96 bits per heavy atom. The molecule has 2 aromatic rings. The molecular formula is C17H21FN4O. The fourth-order valence-corrected chi connectivity index (χ4v) is 2.02. The van der Waals surface area contributed by atoms with Crippen molar-refractivity contribution in [1.29, 1.82) is 0 Å². The number of nitrogens with zero attached hydrogens (tertiary/aromatic N) is 2. The summed E-state index contributed by atoms with van der Waals surface area (Å²) in [6, 6.07) is 7.65. The van der Waals surface area contributed by atoms with Crippen molar-refractivity contribution in [2.24, 2.45) is 0 Å². The van der Waals surface area contributed by atoms with Crippen LogP contribution in [0.15, 0.2) is 30.3 Å². The van der Waals surface area contributed by atoms with E-state index < -0.39 is 0 Å². The third kappa shape index (κ3) is 5.32. The number of carbonyl (C=O) groups excluding carboxylic acids is 1. The first kappa shape index (κ1) is 16.9. The fourth-order valence-electron chi connectivity index (χ4n) is 2.02. The molecule has 0 aliphatic heterocycles. The van der Waals surface area contributed by atoms with Crippen molar-refractivity contribution in [1.82, 2.24) is 15.3 Å². The van der Waals surface area contributed by atoms with Gasteiger partial charge in [0.1, 0.15) is 11.5 Å². The summed E-state index contributed by atoms with van der Waals surface area (Å²) < 4.78 is 12.9. The van der Waals surface area contributed by atoms with Gasteiger partial charge in [-0.05, 0) is 37.1 Å². The van der Waals surface area contributed by atoms with Gasteiger partial charge < -0.3 is 10.6 Å². The fraction of sp³-hybridized carbons (Fsp3) is 0.353. The Balaban J connectivity index is 1.99. The van der Waals surface area contributed by atoms with E-state index in [2.05, 4.69) is 27.5 Å². The Morgan fingerprint density at radius 1 is 1.22 bits per heavy atom. The lowest BCUT2D eigenvalue weighted by Gasteiger charge is -2.08. The topological polar surface area (TPSA) is 66.9 Å². The molecule has 0 unspecified atom stereocenters. The number of carbonyl (C=O) groups is 1. The van der Waals surface area contributed by atoms with Gasteiger partial charge in [0.05, 0.1) is 0 Å². The van der Waals surface area contributed by atoms with Gasteiger partial charge in [-0.25, -0.2) is 14.4 Å². The molecule has 0 saturated carbocycles. The zero-order valence-electron chi connectivity index (χ0n) is 13.4. The second kappa shape index (κ2) is 8.22. The molecule has 0 spiro atoms. The number of rotatable bonds is 7. The van der Waals surface area contributed by atoms with Crippen LogP contribution in [0, 0.1) is 12.7 Å². The number of hydrogen-bond donors (Lipinski definition) is 2. The van der Waals surface area contributed by atoms with Crippen LogP contribution >= 0.6 is 0 Å². The standard InChI is InChI=1S/C17H21FN4O/c1-3-4-9-19-17-21-12(2)10-15(22-17)16(23)20-11-13-5-7-14(18)8-6-13/h5-8,10H,3-4,9,11H2,1-2H3,(H,20,23)(H,19,21,22). The van der Waals surface area contributed by atoms with Gasteiger partial charge in [-0.1, -0.05) is 25.5 Å². The molecule has 122 valence electrons. The molecule has 0 atom stereocenters. The molecule has 23 heavy (non-hydrogen) atoms. The number of halogens is 1. The SMILES string of the molecule is CCCCNc1nc(C)cc(C(=O)NCc2ccc(F)cc2)n1. The molecule has 2 N–H and O–H groups in total. The van der Waals surface area contributed by atoms with E-state index in [9.17, 15) is 9.18 Å². The molecule has 2 rings (SSSR count). The van der Waals surface area contributed by atoms with Crippen molar-refractivity contribution >= 4 is 11.9 Å². The molecule has 1 aromatic heterocycles. The minimum atomic E-state index is -0.297. The third-order valence-corrected chi connectivity index (χ3v) is 3.27. The number of unbranched alkanes of at least 4 members (excludes halogenated alkanes) is 1. The first-order chi connectivity index (χ1) is 11.1. The molecule has 0 aliphatic rings. The molecule has 0 fully saturated rings. The minimum Gasteiger partial charge on any atom is -0.354 e. The van der Waals surface area contributed by atoms with Crippen LogP contribution in [0.1, 0.15) is 41.5 Å². The normalized spacial score (nSPS) is 10.4. The summed E-state index contributed by atoms with van der Waals surface area (Å²) in [4.78, 5) is 20.7. The zero-order chi connectivity index (χ0) is 16.7. The number of benzene rings is 1. The van der Waals surface area contributed by atoms with Crippen LogP contribution in [0.4, 0.5) is 10.3 Å². The molecule has 1 aromatic carbocycles. The number of aromatic nitrogens is 2. The molecule has 0 radical (unpaired) electrons. The highest BCUT2D eigenvalue weighted by molar-refractivity contribution is 5.92.